The number of para-hydroxylation sites is 1. The molecule has 0 spiro atoms. The van der Waals surface area contributed by atoms with Crippen LogP contribution in [0.5, 0.6) is 5.75 Å². The highest BCUT2D eigenvalue weighted by Crippen LogP contribution is 2.27. The number of methoxy groups -OCH3 is 1. The van der Waals surface area contributed by atoms with Gasteiger partial charge in [-0.3, -0.25) is 19.6 Å². The van der Waals surface area contributed by atoms with E-state index in [2.05, 4.69) is 10.4 Å². The molecular formula is C25H21N3O5S. The predicted octanol–water partition coefficient (Wildman–Crippen LogP) is 3.78. The highest BCUT2D eigenvalue weighted by atomic mass is 32.1. The molecule has 0 saturated heterocycles. The van der Waals surface area contributed by atoms with E-state index in [0.717, 1.165) is 10.4 Å². The summed E-state index contributed by atoms with van der Waals surface area (Å²) in [5, 5.41) is 8.65. The van der Waals surface area contributed by atoms with Crippen molar-refractivity contribution in [3.8, 4) is 16.3 Å². The number of hydrogen-bond donors (Lipinski definition) is 1. The first-order valence-corrected chi connectivity index (χ1v) is 11.2. The smallest absolute Gasteiger partial charge is 0.342 e. The number of carbonyl (C=O) groups excluding carboxylic acids is 3. The number of esters is 1. The largest absolute Gasteiger partial charge is 0.496 e. The fraction of sp³-hybridized carbons (Fsp3) is 0.120. The van der Waals surface area contributed by atoms with Gasteiger partial charge in [0.15, 0.2) is 6.61 Å². The average molecular weight is 476 g/mol. The summed E-state index contributed by atoms with van der Waals surface area (Å²) in [5.41, 5.74) is 1.94. The molecule has 4 rings (SSSR count). The molecular weight excluding hydrogens is 454 g/mol. The third-order valence-corrected chi connectivity index (χ3v) is 5.74. The number of nitrogens with one attached hydrogen (secondary N) is 1. The van der Waals surface area contributed by atoms with E-state index in [1.807, 2.05) is 47.8 Å². The van der Waals surface area contributed by atoms with Crippen molar-refractivity contribution in [3.05, 3.63) is 95.0 Å². The first kappa shape index (κ1) is 22.9. The number of ether oxygens (including phenoxy) is 2. The minimum atomic E-state index is -0.751. The number of benzene rings is 2. The van der Waals surface area contributed by atoms with Crippen molar-refractivity contribution < 1.29 is 23.9 Å². The first-order valence-electron chi connectivity index (χ1n) is 10.3. The molecule has 0 aliphatic heterocycles. The molecule has 0 aliphatic rings. The third kappa shape index (κ3) is 5.38. The van der Waals surface area contributed by atoms with Gasteiger partial charge in [0.25, 0.3) is 11.8 Å². The highest BCUT2D eigenvalue weighted by molar-refractivity contribution is 7.13. The summed E-state index contributed by atoms with van der Waals surface area (Å²) in [6.45, 7) is -0.145. The van der Waals surface area contributed by atoms with Crippen LogP contribution in [0.4, 0.5) is 0 Å². The van der Waals surface area contributed by atoms with Gasteiger partial charge in [0.1, 0.15) is 17.0 Å². The monoisotopic (exact) mass is 475 g/mol. The Balaban J connectivity index is 1.44. The van der Waals surface area contributed by atoms with Crippen LogP contribution in [0, 0.1) is 0 Å². The van der Waals surface area contributed by atoms with Crippen molar-refractivity contribution in [2.24, 2.45) is 0 Å². The van der Waals surface area contributed by atoms with Crippen LogP contribution in [-0.2, 0) is 16.1 Å². The third-order valence-electron chi connectivity index (χ3n) is 4.86. The Bertz CT molecular complexity index is 1300. The second-order valence-electron chi connectivity index (χ2n) is 7.21. The van der Waals surface area contributed by atoms with Gasteiger partial charge in [-0.15, -0.1) is 11.3 Å². The van der Waals surface area contributed by atoms with Gasteiger partial charge in [0, 0.05) is 6.20 Å². The zero-order valence-electron chi connectivity index (χ0n) is 18.3. The Morgan fingerprint density at radius 1 is 0.971 bits per heavy atom. The maximum Gasteiger partial charge on any atom is 0.342 e. The van der Waals surface area contributed by atoms with Crippen LogP contribution in [0.15, 0.2) is 78.3 Å². The zero-order valence-corrected chi connectivity index (χ0v) is 19.1. The van der Waals surface area contributed by atoms with Gasteiger partial charge < -0.3 is 9.47 Å². The number of thiophene rings is 1. The van der Waals surface area contributed by atoms with Crippen molar-refractivity contribution >= 4 is 29.1 Å². The van der Waals surface area contributed by atoms with Gasteiger partial charge >= 0.3 is 5.97 Å². The molecule has 34 heavy (non-hydrogen) atoms. The topological polar surface area (TPSA) is 99.5 Å². The summed E-state index contributed by atoms with van der Waals surface area (Å²) < 4.78 is 12.0. The average Bonchev–Trinajstić information content (AvgIpc) is 3.53. The van der Waals surface area contributed by atoms with Crippen molar-refractivity contribution in [3.63, 3.8) is 0 Å². The van der Waals surface area contributed by atoms with Crippen LogP contribution in [0.1, 0.15) is 26.3 Å². The van der Waals surface area contributed by atoms with Crippen molar-refractivity contribution in [2.45, 2.75) is 6.54 Å². The number of hydrogen-bond acceptors (Lipinski definition) is 7. The van der Waals surface area contributed by atoms with Gasteiger partial charge in [-0.05, 0) is 29.1 Å². The summed E-state index contributed by atoms with van der Waals surface area (Å²) in [6.07, 6.45) is 1.60. The van der Waals surface area contributed by atoms with Crippen molar-refractivity contribution in [1.29, 1.82) is 0 Å². The van der Waals surface area contributed by atoms with Crippen LogP contribution in [0.2, 0.25) is 0 Å². The maximum atomic E-state index is 12.8. The molecule has 1 N–H and O–H groups in total. The number of rotatable bonds is 8. The second kappa shape index (κ2) is 10.6. The maximum absolute atomic E-state index is 12.8. The number of aromatic nitrogens is 2. The molecule has 172 valence electrons. The van der Waals surface area contributed by atoms with Crippen LogP contribution in [0.3, 0.4) is 0 Å². The van der Waals surface area contributed by atoms with E-state index in [9.17, 15) is 14.4 Å². The summed E-state index contributed by atoms with van der Waals surface area (Å²) in [5.74, 6) is -1.77. The van der Waals surface area contributed by atoms with Crippen LogP contribution in [0.25, 0.3) is 10.6 Å². The Kier molecular flexibility index (Phi) is 7.14. The van der Waals surface area contributed by atoms with E-state index in [4.69, 9.17) is 9.47 Å². The standard InChI is InChI=1S/C25H21N3O5S/c1-32-20-11-6-5-10-18(20)24(30)26-22(29)16-33-25(31)19-15-28(14-17-8-3-2-4-9-17)27-23(19)21-12-7-13-34-21/h2-13,15H,14,16H2,1H3,(H,26,29,30). The second-order valence-corrected chi connectivity index (χ2v) is 8.15. The Labute approximate surface area is 199 Å². The molecule has 2 aromatic heterocycles. The number of nitrogens with zero attached hydrogens (tertiary/aromatic N) is 2. The highest BCUT2D eigenvalue weighted by Gasteiger charge is 2.22. The molecule has 2 aromatic carbocycles. The lowest BCUT2D eigenvalue weighted by Gasteiger charge is -2.08. The van der Waals surface area contributed by atoms with Gasteiger partial charge in [0.05, 0.1) is 24.1 Å². The number of amides is 2. The molecule has 4 aromatic rings. The SMILES string of the molecule is COc1ccccc1C(=O)NC(=O)COC(=O)c1cn(Cc2ccccc2)nc1-c1cccs1. The molecule has 2 heterocycles. The summed E-state index contributed by atoms with van der Waals surface area (Å²) in [7, 11) is 1.43. The Morgan fingerprint density at radius 3 is 2.47 bits per heavy atom. The lowest BCUT2D eigenvalue weighted by molar-refractivity contribution is -0.123. The van der Waals surface area contributed by atoms with E-state index in [0.29, 0.717) is 18.0 Å². The van der Waals surface area contributed by atoms with E-state index < -0.39 is 24.4 Å². The molecule has 0 aliphatic carbocycles. The molecule has 0 unspecified atom stereocenters. The predicted molar refractivity (Wildman–Crippen MR) is 127 cm³/mol. The molecule has 0 fully saturated rings. The molecule has 9 heteroatoms. The zero-order chi connectivity index (χ0) is 23.9. The minimum Gasteiger partial charge on any atom is -0.496 e. The molecule has 0 saturated carbocycles. The van der Waals surface area contributed by atoms with Crippen LogP contribution < -0.4 is 10.1 Å². The van der Waals surface area contributed by atoms with Gasteiger partial charge in [0.2, 0.25) is 0 Å². The first-order chi connectivity index (χ1) is 16.5. The van der Waals surface area contributed by atoms with Crippen molar-refractivity contribution in [2.75, 3.05) is 13.7 Å². The number of carbonyl (C=O) groups is 3. The fourth-order valence-corrected chi connectivity index (χ4v) is 4.01. The summed E-state index contributed by atoms with van der Waals surface area (Å²) >= 11 is 1.44. The van der Waals surface area contributed by atoms with Crippen LogP contribution >= 0.6 is 11.3 Å². The Morgan fingerprint density at radius 2 is 1.74 bits per heavy atom. The van der Waals surface area contributed by atoms with E-state index in [1.54, 1.807) is 29.1 Å². The van der Waals surface area contributed by atoms with E-state index in [-0.39, 0.29) is 11.1 Å². The van der Waals surface area contributed by atoms with E-state index >= 15 is 0 Å². The van der Waals surface area contributed by atoms with Gasteiger partial charge in [-0.25, -0.2) is 4.79 Å². The van der Waals surface area contributed by atoms with Crippen LogP contribution in [-0.4, -0.2) is 41.3 Å². The number of imide groups is 1. The molecule has 0 bridgehead atoms. The molecule has 0 radical (unpaired) electrons. The molecule has 0 atom stereocenters. The quantitative estimate of drug-likeness (QED) is 0.390. The summed E-state index contributed by atoms with van der Waals surface area (Å²) in [6, 6.07) is 19.9. The normalized spacial score (nSPS) is 10.5. The lowest BCUT2D eigenvalue weighted by Crippen LogP contribution is -2.34. The molecule has 2 amide bonds. The van der Waals surface area contributed by atoms with Crippen molar-refractivity contribution in [1.82, 2.24) is 15.1 Å². The minimum absolute atomic E-state index is 0.201. The lowest BCUT2D eigenvalue weighted by atomic mass is 10.2. The van der Waals surface area contributed by atoms with E-state index in [1.165, 1.54) is 24.5 Å². The summed E-state index contributed by atoms with van der Waals surface area (Å²) in [4.78, 5) is 38.3. The van der Waals surface area contributed by atoms with Gasteiger partial charge in [-0.2, -0.15) is 5.10 Å². The molecule has 8 nitrogen and oxygen atoms in total. The fourth-order valence-electron chi connectivity index (χ4n) is 3.29. The van der Waals surface area contributed by atoms with Gasteiger partial charge in [-0.1, -0.05) is 48.5 Å². The Hall–Kier alpha value is -4.24.